The molecule has 6 heteroatoms. The highest BCUT2D eigenvalue weighted by atomic mass is 16.5. The molecular weight excluding hydrogens is 608 g/mol. The lowest BCUT2D eigenvalue weighted by molar-refractivity contribution is -0.151. The Hall–Kier alpha value is -4.26. The van der Waals surface area contributed by atoms with Gasteiger partial charge in [0.2, 0.25) is 0 Å². The van der Waals surface area contributed by atoms with E-state index in [0.29, 0.717) is 12.1 Å². The summed E-state index contributed by atoms with van der Waals surface area (Å²) in [5.74, 6) is -0.0831. The smallest absolute Gasteiger partial charge is 0.311 e. The number of carbonyl (C=O) groups excluding carboxylic acids is 2. The fraction of sp³-hybridized carbons (Fsp3) is 0.395. The lowest BCUT2D eigenvalue weighted by Crippen LogP contribution is -2.35. The molecule has 2 saturated carbocycles. The molecule has 6 rings (SSSR count). The average Bonchev–Trinajstić information content (AvgIpc) is 3.81. The van der Waals surface area contributed by atoms with Crippen molar-refractivity contribution < 1.29 is 19.1 Å². The molecule has 0 heterocycles. The molecule has 4 aromatic carbocycles. The maximum absolute atomic E-state index is 12.2. The van der Waals surface area contributed by atoms with E-state index in [9.17, 15) is 9.59 Å². The van der Waals surface area contributed by atoms with Crippen LogP contribution >= 0.6 is 0 Å². The summed E-state index contributed by atoms with van der Waals surface area (Å²) < 4.78 is 9.99. The van der Waals surface area contributed by atoms with Gasteiger partial charge in [-0.15, -0.1) is 0 Å². The fourth-order valence-electron chi connectivity index (χ4n) is 7.52. The number of esters is 2. The molecule has 0 aliphatic heterocycles. The first-order valence-corrected chi connectivity index (χ1v) is 17.7. The number of benzene rings is 4. The Balaban J connectivity index is 0.000000191. The van der Waals surface area contributed by atoms with Gasteiger partial charge in [0.1, 0.15) is 0 Å². The van der Waals surface area contributed by atoms with Gasteiger partial charge in [0.15, 0.2) is 0 Å². The second-order valence-corrected chi connectivity index (χ2v) is 13.9. The summed E-state index contributed by atoms with van der Waals surface area (Å²) in [6, 6.07) is 43.1. The van der Waals surface area contributed by atoms with E-state index in [0.717, 1.165) is 64.7 Å². The van der Waals surface area contributed by atoms with Crippen molar-refractivity contribution in [3.8, 4) is 0 Å². The molecular formula is C43H52N2O4. The highest BCUT2D eigenvalue weighted by Crippen LogP contribution is 2.42. The molecule has 0 saturated heterocycles. The SMILES string of the molecule is COC(=O)C1(C)CC[C@H](N(Cc2ccccc2)Cc2ccccc2)C1.COC(=O)[C@@H]1CC[C@H](N(Cc2ccccc2)Cc2ccccc2)C1. The number of nitrogens with zero attached hydrogens (tertiary/aromatic N) is 2. The molecule has 0 bridgehead atoms. The van der Waals surface area contributed by atoms with Crippen LogP contribution < -0.4 is 0 Å². The quantitative estimate of drug-likeness (QED) is 0.142. The first-order chi connectivity index (χ1) is 23.9. The van der Waals surface area contributed by atoms with Gasteiger partial charge < -0.3 is 9.47 Å². The van der Waals surface area contributed by atoms with Crippen LogP contribution in [0.5, 0.6) is 0 Å². The lowest BCUT2D eigenvalue weighted by atomic mass is 9.88. The Morgan fingerprint density at radius 1 is 0.592 bits per heavy atom. The van der Waals surface area contributed by atoms with Crippen LogP contribution in [0.25, 0.3) is 0 Å². The summed E-state index contributed by atoms with van der Waals surface area (Å²) in [6.45, 7) is 5.67. The van der Waals surface area contributed by atoms with Crippen molar-refractivity contribution in [3.05, 3.63) is 144 Å². The van der Waals surface area contributed by atoms with Crippen molar-refractivity contribution in [3.63, 3.8) is 0 Å². The van der Waals surface area contributed by atoms with Crippen molar-refractivity contribution in [1.29, 1.82) is 0 Å². The van der Waals surface area contributed by atoms with E-state index in [1.165, 1.54) is 36.5 Å². The summed E-state index contributed by atoms with van der Waals surface area (Å²) in [5, 5.41) is 0. The average molecular weight is 661 g/mol. The van der Waals surface area contributed by atoms with Crippen LogP contribution in [0.15, 0.2) is 121 Å². The molecule has 0 radical (unpaired) electrons. The Labute approximate surface area is 293 Å². The molecule has 2 fully saturated rings. The van der Waals surface area contributed by atoms with E-state index in [2.05, 4.69) is 119 Å². The van der Waals surface area contributed by atoms with Gasteiger partial charge in [0.05, 0.1) is 25.6 Å². The second kappa shape index (κ2) is 17.9. The molecule has 4 atom stereocenters. The number of hydrogen-bond acceptors (Lipinski definition) is 6. The van der Waals surface area contributed by atoms with Crippen molar-refractivity contribution in [2.24, 2.45) is 11.3 Å². The van der Waals surface area contributed by atoms with Gasteiger partial charge in [-0.2, -0.15) is 0 Å². The third-order valence-electron chi connectivity index (χ3n) is 10.3. The third kappa shape index (κ3) is 10.4. The zero-order valence-corrected chi connectivity index (χ0v) is 29.4. The molecule has 0 spiro atoms. The summed E-state index contributed by atoms with van der Waals surface area (Å²) in [7, 11) is 2.98. The first-order valence-electron chi connectivity index (χ1n) is 17.7. The van der Waals surface area contributed by atoms with Gasteiger partial charge in [-0.05, 0) is 67.7 Å². The van der Waals surface area contributed by atoms with Crippen LogP contribution in [-0.2, 0) is 45.2 Å². The maximum Gasteiger partial charge on any atom is 0.311 e. The zero-order valence-electron chi connectivity index (χ0n) is 29.4. The minimum atomic E-state index is -0.356. The number of rotatable bonds is 12. The molecule has 1 unspecified atom stereocenters. The number of hydrogen-bond donors (Lipinski definition) is 0. The van der Waals surface area contributed by atoms with Crippen LogP contribution in [0.3, 0.4) is 0 Å². The van der Waals surface area contributed by atoms with E-state index in [1.54, 1.807) is 0 Å². The lowest BCUT2D eigenvalue weighted by Gasteiger charge is -2.30. The summed E-state index contributed by atoms with van der Waals surface area (Å²) in [5.41, 5.74) is 4.89. The molecule has 4 aromatic rings. The molecule has 2 aliphatic rings. The molecule has 2 aliphatic carbocycles. The molecule has 49 heavy (non-hydrogen) atoms. The number of methoxy groups -OCH3 is 2. The minimum absolute atomic E-state index is 0.0500. The third-order valence-corrected chi connectivity index (χ3v) is 10.3. The largest absolute Gasteiger partial charge is 0.469 e. The fourth-order valence-corrected chi connectivity index (χ4v) is 7.52. The number of ether oxygens (including phenoxy) is 2. The van der Waals surface area contributed by atoms with Gasteiger partial charge in [0.25, 0.3) is 0 Å². The van der Waals surface area contributed by atoms with E-state index in [4.69, 9.17) is 9.47 Å². The van der Waals surface area contributed by atoms with Crippen molar-refractivity contribution in [1.82, 2.24) is 9.80 Å². The molecule has 0 amide bonds. The van der Waals surface area contributed by atoms with Gasteiger partial charge in [-0.1, -0.05) is 121 Å². The molecule has 258 valence electrons. The summed E-state index contributed by atoms with van der Waals surface area (Å²) in [6.07, 6.45) is 5.66. The van der Waals surface area contributed by atoms with Crippen molar-refractivity contribution in [2.75, 3.05) is 14.2 Å². The van der Waals surface area contributed by atoms with Crippen LogP contribution in [0, 0.1) is 11.3 Å². The monoisotopic (exact) mass is 660 g/mol. The van der Waals surface area contributed by atoms with E-state index in [-0.39, 0.29) is 23.3 Å². The van der Waals surface area contributed by atoms with E-state index >= 15 is 0 Å². The summed E-state index contributed by atoms with van der Waals surface area (Å²) in [4.78, 5) is 29.1. The van der Waals surface area contributed by atoms with Crippen LogP contribution in [0.4, 0.5) is 0 Å². The Morgan fingerprint density at radius 3 is 1.39 bits per heavy atom. The van der Waals surface area contributed by atoms with Crippen molar-refractivity contribution >= 4 is 11.9 Å². The topological polar surface area (TPSA) is 59.1 Å². The van der Waals surface area contributed by atoms with E-state index < -0.39 is 0 Å². The molecule has 0 N–H and O–H groups in total. The zero-order chi connectivity index (χ0) is 34.5. The summed E-state index contributed by atoms with van der Waals surface area (Å²) >= 11 is 0. The second-order valence-electron chi connectivity index (χ2n) is 13.9. The molecule has 0 aromatic heterocycles. The Morgan fingerprint density at radius 2 is 1.00 bits per heavy atom. The Bertz CT molecular complexity index is 1480. The van der Waals surface area contributed by atoms with E-state index in [1.807, 2.05) is 19.1 Å². The van der Waals surface area contributed by atoms with Crippen LogP contribution in [0.2, 0.25) is 0 Å². The predicted molar refractivity (Wildman–Crippen MR) is 195 cm³/mol. The first kappa shape index (κ1) is 36.0. The standard InChI is InChI=1S/C22H27NO2.C21H25NO2/c1-22(21(24)25-2)14-13-20(15-22)23(16-18-9-5-3-6-10-18)17-19-11-7-4-8-12-19;1-24-21(23)19-12-13-20(14-19)22(15-17-8-4-2-5-9-17)16-18-10-6-3-7-11-18/h3-12,20H,13-17H2,1-2H3;2-11,19-20H,12-16H2,1H3/t20-,22?;19-,20+/m01/s1. The highest BCUT2D eigenvalue weighted by molar-refractivity contribution is 5.76. The van der Waals surface area contributed by atoms with Gasteiger partial charge in [0, 0.05) is 38.3 Å². The van der Waals surface area contributed by atoms with Crippen molar-refractivity contribution in [2.45, 2.75) is 83.7 Å². The maximum atomic E-state index is 12.2. The number of carbonyl (C=O) groups is 2. The Kier molecular flexibility index (Phi) is 13.2. The van der Waals surface area contributed by atoms with Crippen LogP contribution in [-0.4, -0.2) is 48.0 Å². The van der Waals surface area contributed by atoms with Crippen LogP contribution in [0.1, 0.15) is 67.7 Å². The van der Waals surface area contributed by atoms with Gasteiger partial charge >= 0.3 is 11.9 Å². The minimum Gasteiger partial charge on any atom is -0.469 e. The normalized spacial score (nSPS) is 21.6. The van der Waals surface area contributed by atoms with Gasteiger partial charge in [-0.3, -0.25) is 19.4 Å². The molecule has 6 nitrogen and oxygen atoms in total. The highest BCUT2D eigenvalue weighted by Gasteiger charge is 2.44. The van der Waals surface area contributed by atoms with Gasteiger partial charge in [-0.25, -0.2) is 0 Å². The predicted octanol–water partition coefficient (Wildman–Crippen LogP) is 8.45.